The summed E-state index contributed by atoms with van der Waals surface area (Å²) in [4.78, 5) is 12.7. The molecule has 1 rings (SSSR count). The number of rotatable bonds is 6. The number of carbonyl (C=O) groups is 1. The average Bonchev–Trinajstić information content (AvgIpc) is 2.47. The first kappa shape index (κ1) is 18.9. The van der Waals surface area contributed by atoms with Crippen molar-refractivity contribution in [1.82, 2.24) is 4.90 Å². The summed E-state index contributed by atoms with van der Waals surface area (Å²) in [5.74, 6) is -0.313. The Balaban J connectivity index is 0.000000382. The van der Waals surface area contributed by atoms with Crippen molar-refractivity contribution in [3.63, 3.8) is 0 Å². The van der Waals surface area contributed by atoms with E-state index in [0.29, 0.717) is 12.2 Å². The Morgan fingerprint density at radius 1 is 1.19 bits per heavy atom. The predicted octanol–water partition coefficient (Wildman–Crippen LogP) is 3.64. The van der Waals surface area contributed by atoms with Gasteiger partial charge >= 0.3 is 5.97 Å². The summed E-state index contributed by atoms with van der Waals surface area (Å²) >= 11 is 0. The topological polar surface area (TPSA) is 29.5 Å². The Bertz CT molecular complexity index is 463. The molecule has 0 N–H and O–H groups in total. The zero-order valence-corrected chi connectivity index (χ0v) is 13.3. The predicted molar refractivity (Wildman–Crippen MR) is 91.0 cm³/mol. The highest BCUT2D eigenvalue weighted by Gasteiger charge is 2.01. The standard InChI is InChI=1S/C10H10.C8H15NO2/c1-3-9-7-5-6-8-10(9)4-2;1-7(2)8(10)11-6-5-9(3)4/h3-8H,1-2H2;1,5-6H2,2-4H3. The molecular formula is C18H25NO2. The van der Waals surface area contributed by atoms with Crippen LogP contribution in [0.2, 0.25) is 0 Å². The molecule has 0 saturated heterocycles. The van der Waals surface area contributed by atoms with Crippen LogP contribution in [0.3, 0.4) is 0 Å². The van der Waals surface area contributed by atoms with Gasteiger partial charge in [0.05, 0.1) is 0 Å². The lowest BCUT2D eigenvalue weighted by molar-refractivity contribution is -0.139. The summed E-state index contributed by atoms with van der Waals surface area (Å²) < 4.78 is 4.83. The van der Waals surface area contributed by atoms with Gasteiger partial charge in [-0.2, -0.15) is 0 Å². The van der Waals surface area contributed by atoms with Gasteiger partial charge in [-0.25, -0.2) is 4.79 Å². The maximum absolute atomic E-state index is 10.8. The highest BCUT2D eigenvalue weighted by Crippen LogP contribution is 2.10. The van der Waals surface area contributed by atoms with E-state index in [1.54, 1.807) is 6.92 Å². The number of nitrogens with zero attached hydrogens (tertiary/aromatic N) is 1. The van der Waals surface area contributed by atoms with E-state index in [2.05, 4.69) is 19.7 Å². The molecule has 0 aliphatic heterocycles. The summed E-state index contributed by atoms with van der Waals surface area (Å²) in [7, 11) is 3.85. The Labute approximate surface area is 128 Å². The molecule has 0 aliphatic rings. The monoisotopic (exact) mass is 287 g/mol. The molecule has 0 spiro atoms. The average molecular weight is 287 g/mol. The van der Waals surface area contributed by atoms with Crippen molar-refractivity contribution in [3.8, 4) is 0 Å². The van der Waals surface area contributed by atoms with E-state index in [4.69, 9.17) is 4.74 Å². The number of hydrogen-bond donors (Lipinski definition) is 0. The number of likely N-dealkylation sites (N-methyl/N-ethyl adjacent to an activating group) is 1. The zero-order chi connectivity index (χ0) is 16.3. The number of hydrogen-bond acceptors (Lipinski definition) is 3. The molecule has 1 aromatic carbocycles. The molecule has 0 fully saturated rings. The smallest absolute Gasteiger partial charge is 0.333 e. The summed E-state index contributed by atoms with van der Waals surface area (Å²) in [6, 6.07) is 8.02. The van der Waals surface area contributed by atoms with Crippen LogP contribution in [0, 0.1) is 0 Å². The van der Waals surface area contributed by atoms with Gasteiger partial charge in [-0.3, -0.25) is 0 Å². The summed E-state index contributed by atoms with van der Waals surface area (Å²) in [5.41, 5.74) is 2.72. The van der Waals surface area contributed by atoms with Crippen LogP contribution >= 0.6 is 0 Å². The van der Waals surface area contributed by atoms with Crippen LogP contribution in [-0.4, -0.2) is 38.1 Å². The number of carbonyl (C=O) groups excluding carboxylic acids is 1. The summed E-state index contributed by atoms with van der Waals surface area (Å²) in [6.07, 6.45) is 3.66. The van der Waals surface area contributed by atoms with E-state index in [-0.39, 0.29) is 5.97 Å². The largest absolute Gasteiger partial charge is 0.461 e. The fourth-order valence-corrected chi connectivity index (χ4v) is 1.33. The number of benzene rings is 1. The quantitative estimate of drug-likeness (QED) is 0.591. The van der Waals surface area contributed by atoms with Crippen molar-refractivity contribution >= 4 is 18.1 Å². The van der Waals surface area contributed by atoms with Gasteiger partial charge in [-0.1, -0.05) is 56.2 Å². The summed E-state index contributed by atoms with van der Waals surface area (Å²) in [6.45, 7) is 13.7. The molecule has 0 amide bonds. The number of ether oxygens (including phenoxy) is 1. The maximum Gasteiger partial charge on any atom is 0.333 e. The van der Waals surface area contributed by atoms with Gasteiger partial charge in [0.25, 0.3) is 0 Å². The van der Waals surface area contributed by atoms with Crippen molar-refractivity contribution in [2.45, 2.75) is 6.92 Å². The third-order valence-electron chi connectivity index (χ3n) is 2.56. The van der Waals surface area contributed by atoms with Crippen LogP contribution in [0.5, 0.6) is 0 Å². The lowest BCUT2D eigenvalue weighted by Crippen LogP contribution is -2.20. The molecule has 0 saturated carbocycles. The van der Waals surface area contributed by atoms with E-state index in [1.807, 2.05) is 55.4 Å². The molecule has 114 valence electrons. The molecule has 0 aliphatic carbocycles. The van der Waals surface area contributed by atoms with Crippen LogP contribution < -0.4 is 0 Å². The van der Waals surface area contributed by atoms with Crippen molar-refractivity contribution < 1.29 is 9.53 Å². The highest BCUT2D eigenvalue weighted by molar-refractivity contribution is 5.86. The van der Waals surface area contributed by atoms with Gasteiger partial charge in [0.15, 0.2) is 0 Å². The van der Waals surface area contributed by atoms with E-state index < -0.39 is 0 Å². The van der Waals surface area contributed by atoms with Crippen LogP contribution in [0.25, 0.3) is 12.2 Å². The zero-order valence-electron chi connectivity index (χ0n) is 13.3. The molecule has 3 nitrogen and oxygen atoms in total. The molecule has 3 heteroatoms. The Kier molecular flexibility index (Phi) is 9.55. The lowest BCUT2D eigenvalue weighted by atomic mass is 10.1. The van der Waals surface area contributed by atoms with Crippen LogP contribution in [0.1, 0.15) is 18.1 Å². The van der Waals surface area contributed by atoms with Crippen molar-refractivity contribution in [3.05, 3.63) is 60.7 Å². The van der Waals surface area contributed by atoms with E-state index in [0.717, 1.165) is 17.7 Å². The van der Waals surface area contributed by atoms with Gasteiger partial charge in [0.1, 0.15) is 6.61 Å². The lowest BCUT2D eigenvalue weighted by Gasteiger charge is -2.09. The molecule has 21 heavy (non-hydrogen) atoms. The third-order valence-corrected chi connectivity index (χ3v) is 2.56. The van der Waals surface area contributed by atoms with Crippen LogP contribution in [0.15, 0.2) is 49.6 Å². The normalized spacial score (nSPS) is 9.33. The second-order valence-corrected chi connectivity index (χ2v) is 4.76. The van der Waals surface area contributed by atoms with E-state index >= 15 is 0 Å². The minimum atomic E-state index is -0.313. The molecule has 0 atom stereocenters. The first-order chi connectivity index (χ1) is 9.92. The summed E-state index contributed by atoms with van der Waals surface area (Å²) in [5, 5.41) is 0. The minimum absolute atomic E-state index is 0.313. The van der Waals surface area contributed by atoms with Crippen LogP contribution in [0.4, 0.5) is 0 Å². The van der Waals surface area contributed by atoms with Crippen molar-refractivity contribution in [2.75, 3.05) is 27.2 Å². The molecule has 0 bridgehead atoms. The van der Waals surface area contributed by atoms with Gasteiger partial charge in [-0.05, 0) is 32.1 Å². The molecule has 0 unspecified atom stereocenters. The maximum atomic E-state index is 10.8. The second kappa shape index (κ2) is 10.6. The third kappa shape index (κ3) is 8.60. The molecule has 1 aromatic rings. The fraction of sp³-hybridized carbons (Fsp3) is 0.278. The highest BCUT2D eigenvalue weighted by atomic mass is 16.5. The first-order valence-electron chi connectivity index (χ1n) is 6.73. The molecule has 0 radical (unpaired) electrons. The van der Waals surface area contributed by atoms with E-state index in [1.165, 1.54) is 0 Å². The molecule has 0 aromatic heterocycles. The molecular weight excluding hydrogens is 262 g/mol. The Hall–Kier alpha value is -2.13. The first-order valence-corrected chi connectivity index (χ1v) is 6.73. The van der Waals surface area contributed by atoms with E-state index in [9.17, 15) is 4.79 Å². The van der Waals surface area contributed by atoms with Crippen molar-refractivity contribution in [2.24, 2.45) is 0 Å². The second-order valence-electron chi connectivity index (χ2n) is 4.76. The number of esters is 1. The Morgan fingerprint density at radius 3 is 2.00 bits per heavy atom. The SMILES string of the molecule is C=C(C)C(=O)OCCN(C)C.C=Cc1ccccc1C=C. The van der Waals surface area contributed by atoms with Gasteiger partial charge in [0.2, 0.25) is 0 Å². The van der Waals surface area contributed by atoms with Crippen LogP contribution in [-0.2, 0) is 9.53 Å². The fourth-order valence-electron chi connectivity index (χ4n) is 1.33. The van der Waals surface area contributed by atoms with Crippen molar-refractivity contribution in [1.29, 1.82) is 0 Å². The molecule has 0 heterocycles. The Morgan fingerprint density at radius 2 is 1.67 bits per heavy atom. The van der Waals surface area contributed by atoms with Gasteiger partial charge in [0, 0.05) is 12.1 Å². The minimum Gasteiger partial charge on any atom is -0.461 e. The van der Waals surface area contributed by atoms with Gasteiger partial charge < -0.3 is 9.64 Å². The van der Waals surface area contributed by atoms with Gasteiger partial charge in [-0.15, -0.1) is 0 Å².